The van der Waals surface area contributed by atoms with Crippen LogP contribution in [0.1, 0.15) is 32.8 Å². The summed E-state index contributed by atoms with van der Waals surface area (Å²) in [6, 6.07) is 5.44. The van der Waals surface area contributed by atoms with Crippen LogP contribution in [0.4, 0.5) is 11.4 Å². The van der Waals surface area contributed by atoms with Crippen LogP contribution in [-0.4, -0.2) is 17.5 Å². The van der Waals surface area contributed by atoms with Crippen molar-refractivity contribution < 1.29 is 4.92 Å². The monoisotopic (exact) mass is 296 g/mol. The third-order valence-electron chi connectivity index (χ3n) is 4.32. The highest BCUT2D eigenvalue weighted by Crippen LogP contribution is 2.35. The number of piperidine rings is 1. The van der Waals surface area contributed by atoms with E-state index in [1.807, 2.05) is 6.07 Å². The molecule has 0 N–H and O–H groups in total. The number of nitro benzene ring substituents is 1. The van der Waals surface area contributed by atoms with Gasteiger partial charge in [-0.05, 0) is 36.8 Å². The average molecular weight is 297 g/mol. The van der Waals surface area contributed by atoms with Crippen molar-refractivity contribution in [3.63, 3.8) is 0 Å². The molecule has 1 aromatic carbocycles. The van der Waals surface area contributed by atoms with E-state index in [-0.39, 0.29) is 10.6 Å². The zero-order valence-corrected chi connectivity index (χ0v) is 12.9. The molecule has 1 fully saturated rings. The third-order valence-corrected chi connectivity index (χ3v) is 4.61. The molecule has 1 aliphatic rings. The van der Waals surface area contributed by atoms with E-state index in [1.165, 1.54) is 6.42 Å². The molecule has 0 amide bonds. The van der Waals surface area contributed by atoms with E-state index in [9.17, 15) is 10.1 Å². The van der Waals surface area contributed by atoms with Crippen LogP contribution < -0.4 is 4.90 Å². The van der Waals surface area contributed by atoms with E-state index < -0.39 is 0 Å². The predicted molar refractivity (Wildman–Crippen MR) is 82.4 cm³/mol. The number of hydrogen-bond donors (Lipinski definition) is 0. The van der Waals surface area contributed by atoms with Gasteiger partial charge < -0.3 is 4.90 Å². The van der Waals surface area contributed by atoms with Gasteiger partial charge in [-0.15, -0.1) is 11.6 Å². The van der Waals surface area contributed by atoms with Crippen LogP contribution in [0.25, 0.3) is 0 Å². The first-order valence-electron chi connectivity index (χ1n) is 7.04. The van der Waals surface area contributed by atoms with Gasteiger partial charge in [0.15, 0.2) is 0 Å². The van der Waals surface area contributed by atoms with Gasteiger partial charge in [-0.3, -0.25) is 10.1 Å². The van der Waals surface area contributed by atoms with Crippen molar-refractivity contribution >= 4 is 23.0 Å². The predicted octanol–water partition coefficient (Wildman–Crippen LogP) is 4.20. The molecule has 20 heavy (non-hydrogen) atoms. The smallest absolute Gasteiger partial charge is 0.269 e. The Morgan fingerprint density at radius 1 is 1.40 bits per heavy atom. The van der Waals surface area contributed by atoms with E-state index in [1.54, 1.807) is 12.1 Å². The lowest BCUT2D eigenvalue weighted by atomic mass is 9.85. The Morgan fingerprint density at radius 2 is 2.10 bits per heavy atom. The molecular weight excluding hydrogens is 276 g/mol. The quantitative estimate of drug-likeness (QED) is 0.477. The van der Waals surface area contributed by atoms with Crippen molar-refractivity contribution in [2.24, 2.45) is 11.8 Å². The van der Waals surface area contributed by atoms with Crippen molar-refractivity contribution in [2.45, 2.75) is 39.1 Å². The molecule has 0 aromatic heterocycles. The summed E-state index contributed by atoms with van der Waals surface area (Å²) in [4.78, 5) is 12.9. The lowest BCUT2D eigenvalue weighted by Gasteiger charge is -2.43. The Balaban J connectivity index is 2.38. The molecular formula is C15H21ClN2O2. The minimum atomic E-state index is -0.370. The van der Waals surface area contributed by atoms with Gasteiger partial charge in [0.2, 0.25) is 0 Å². The second-order valence-electron chi connectivity index (χ2n) is 5.91. The molecule has 2 rings (SSSR count). The summed E-state index contributed by atoms with van der Waals surface area (Å²) in [6.45, 7) is 7.71. The number of anilines is 1. The van der Waals surface area contributed by atoms with Crippen molar-refractivity contribution in [1.82, 2.24) is 0 Å². The van der Waals surface area contributed by atoms with E-state index in [4.69, 9.17) is 11.6 Å². The van der Waals surface area contributed by atoms with Gasteiger partial charge in [0, 0.05) is 36.3 Å². The van der Waals surface area contributed by atoms with Crippen LogP contribution >= 0.6 is 11.6 Å². The van der Waals surface area contributed by atoms with Gasteiger partial charge in [-0.2, -0.15) is 0 Å². The number of nitrogens with zero attached hydrogens (tertiary/aromatic N) is 2. The molecule has 0 aliphatic carbocycles. The zero-order valence-electron chi connectivity index (χ0n) is 12.2. The Bertz CT molecular complexity index is 507. The van der Waals surface area contributed by atoms with E-state index in [2.05, 4.69) is 25.7 Å². The molecule has 1 aromatic rings. The van der Waals surface area contributed by atoms with Gasteiger partial charge in [0.1, 0.15) is 0 Å². The number of hydrogen-bond acceptors (Lipinski definition) is 3. The fourth-order valence-electron chi connectivity index (χ4n) is 3.11. The van der Waals surface area contributed by atoms with Crippen molar-refractivity contribution in [3.8, 4) is 0 Å². The number of rotatable bonds is 3. The number of halogens is 1. The highest BCUT2D eigenvalue weighted by Gasteiger charge is 2.30. The number of benzene rings is 1. The molecule has 1 saturated heterocycles. The largest absolute Gasteiger partial charge is 0.368 e. The van der Waals surface area contributed by atoms with Crippen molar-refractivity contribution in [3.05, 3.63) is 33.9 Å². The molecule has 0 bridgehead atoms. The summed E-state index contributed by atoms with van der Waals surface area (Å²) in [5, 5.41) is 10.9. The maximum atomic E-state index is 10.9. The molecule has 1 aliphatic heterocycles. The Hall–Kier alpha value is -1.29. The van der Waals surface area contributed by atoms with Gasteiger partial charge in [-0.1, -0.05) is 13.8 Å². The normalized spacial score (nSPS) is 26.6. The third kappa shape index (κ3) is 2.90. The molecule has 3 atom stereocenters. The minimum Gasteiger partial charge on any atom is -0.368 e. The molecule has 1 heterocycles. The van der Waals surface area contributed by atoms with E-state index in [0.29, 0.717) is 23.8 Å². The molecule has 0 radical (unpaired) electrons. The summed E-state index contributed by atoms with van der Waals surface area (Å²) < 4.78 is 0. The average Bonchev–Trinajstić information content (AvgIpc) is 2.42. The van der Waals surface area contributed by atoms with E-state index >= 15 is 0 Å². The van der Waals surface area contributed by atoms with Crippen LogP contribution in [0.2, 0.25) is 0 Å². The van der Waals surface area contributed by atoms with Crippen LogP contribution in [0.15, 0.2) is 18.2 Å². The van der Waals surface area contributed by atoms with Crippen LogP contribution in [-0.2, 0) is 5.88 Å². The van der Waals surface area contributed by atoms with Crippen LogP contribution in [0.3, 0.4) is 0 Å². The van der Waals surface area contributed by atoms with E-state index in [0.717, 1.165) is 17.8 Å². The summed E-state index contributed by atoms with van der Waals surface area (Å²) in [7, 11) is 0. The summed E-state index contributed by atoms with van der Waals surface area (Å²) in [5.74, 6) is 1.53. The van der Waals surface area contributed by atoms with Gasteiger partial charge >= 0.3 is 0 Å². The molecule has 4 nitrogen and oxygen atoms in total. The first kappa shape index (κ1) is 15.1. The molecule has 0 spiro atoms. The Labute approximate surface area is 124 Å². The molecule has 5 heteroatoms. The van der Waals surface area contributed by atoms with Crippen LogP contribution in [0.5, 0.6) is 0 Å². The number of non-ortho nitro benzene ring substituents is 1. The number of nitro groups is 1. The maximum Gasteiger partial charge on any atom is 0.269 e. The molecule has 3 unspecified atom stereocenters. The Morgan fingerprint density at radius 3 is 2.70 bits per heavy atom. The zero-order chi connectivity index (χ0) is 14.9. The maximum absolute atomic E-state index is 10.9. The SMILES string of the molecule is CC1CC(C)C(C)N(c2ccc([N+](=O)[O-])cc2CCl)C1. The van der Waals surface area contributed by atoms with Gasteiger partial charge in [-0.25, -0.2) is 0 Å². The molecule has 110 valence electrons. The second kappa shape index (κ2) is 6.00. The summed E-state index contributed by atoms with van der Waals surface area (Å²) >= 11 is 6.00. The van der Waals surface area contributed by atoms with Crippen molar-refractivity contribution in [1.29, 1.82) is 0 Å². The molecule has 0 saturated carbocycles. The highest BCUT2D eigenvalue weighted by molar-refractivity contribution is 6.17. The first-order chi connectivity index (χ1) is 9.43. The highest BCUT2D eigenvalue weighted by atomic mass is 35.5. The topological polar surface area (TPSA) is 46.4 Å². The second-order valence-corrected chi connectivity index (χ2v) is 6.18. The minimum absolute atomic E-state index is 0.107. The summed E-state index contributed by atoms with van der Waals surface area (Å²) in [5.41, 5.74) is 1.99. The Kier molecular flexibility index (Phi) is 4.53. The lowest BCUT2D eigenvalue weighted by molar-refractivity contribution is -0.384. The fourth-order valence-corrected chi connectivity index (χ4v) is 3.32. The first-order valence-corrected chi connectivity index (χ1v) is 7.57. The van der Waals surface area contributed by atoms with Gasteiger partial charge in [0.05, 0.1) is 4.92 Å². The van der Waals surface area contributed by atoms with Gasteiger partial charge in [0.25, 0.3) is 5.69 Å². The summed E-state index contributed by atoms with van der Waals surface area (Å²) in [6.07, 6.45) is 1.22. The number of alkyl halides is 1. The fraction of sp³-hybridized carbons (Fsp3) is 0.600. The standard InChI is InChI=1S/C15H21ClN2O2/c1-10-6-11(2)12(3)17(9-10)15-5-4-14(18(19)20)7-13(15)8-16/h4-5,7,10-12H,6,8-9H2,1-3H3. The lowest BCUT2D eigenvalue weighted by Crippen LogP contribution is -2.46. The van der Waals surface area contributed by atoms with Crippen LogP contribution in [0, 0.1) is 22.0 Å². The van der Waals surface area contributed by atoms with Crippen molar-refractivity contribution in [2.75, 3.05) is 11.4 Å².